The predicted molar refractivity (Wildman–Crippen MR) is 34.7 cm³/mol. The van der Waals surface area contributed by atoms with Gasteiger partial charge in [-0.05, 0) is 6.42 Å². The molecule has 1 atom stereocenters. The number of quaternary nitrogens is 2. The van der Waals surface area contributed by atoms with Crippen LogP contribution in [0.5, 0.6) is 0 Å². The van der Waals surface area contributed by atoms with Crippen LogP contribution in [0.25, 0.3) is 0 Å². The molecule has 0 aromatic heterocycles. The van der Waals surface area contributed by atoms with Crippen LogP contribution in [-0.4, -0.2) is 26.0 Å². The molecule has 0 aliphatic carbocycles. The van der Waals surface area contributed by atoms with Crippen molar-refractivity contribution in [3.8, 4) is 0 Å². The molecule has 5 nitrogen and oxygen atoms in total. The Hall–Kier alpha value is -0.650. The second-order valence-electron chi connectivity index (χ2n) is 2.36. The maximum absolute atomic E-state index is 9.99. The lowest BCUT2D eigenvalue weighted by molar-refractivity contribution is -0.829. The van der Waals surface area contributed by atoms with Gasteiger partial charge < -0.3 is 20.4 Å². The molecule has 11 heavy (non-hydrogen) atoms. The van der Waals surface area contributed by atoms with E-state index in [1.165, 1.54) is 0 Å². The van der Waals surface area contributed by atoms with E-state index in [4.69, 9.17) is 4.74 Å². The van der Waals surface area contributed by atoms with E-state index >= 15 is 0 Å². The summed E-state index contributed by atoms with van der Waals surface area (Å²) in [6.45, 7) is 0.515. The Morgan fingerprint density at radius 3 is 2.91 bits per heavy atom. The molecule has 0 rings (SSSR count). The first-order valence-corrected chi connectivity index (χ1v) is 3.52. The largest absolute Gasteiger partial charge is 0.550 e. The smallest absolute Gasteiger partial charge is 0.211 e. The number of ether oxygens (including phenoxy) is 1. The SMILES string of the molecule is COC[NH2+][C@@H]([NH3+])CCC(=O)[O-]. The number of methoxy groups -OCH3 is 1. The molecule has 0 fully saturated rings. The van der Waals surface area contributed by atoms with Crippen molar-refractivity contribution in [3.05, 3.63) is 0 Å². The van der Waals surface area contributed by atoms with Crippen molar-refractivity contribution in [2.24, 2.45) is 0 Å². The van der Waals surface area contributed by atoms with Crippen LogP contribution >= 0.6 is 0 Å². The average Bonchev–Trinajstić information content (AvgIpc) is 1.97. The van der Waals surface area contributed by atoms with Crippen LogP contribution in [0.1, 0.15) is 12.8 Å². The number of hydrogen-bond acceptors (Lipinski definition) is 3. The molecule has 66 valence electrons. The Morgan fingerprint density at radius 1 is 1.82 bits per heavy atom. The molecule has 0 spiro atoms. The van der Waals surface area contributed by atoms with E-state index in [2.05, 4.69) is 5.73 Å². The summed E-state index contributed by atoms with van der Waals surface area (Å²) < 4.78 is 4.76. The zero-order valence-electron chi connectivity index (χ0n) is 6.71. The van der Waals surface area contributed by atoms with Gasteiger partial charge in [0.15, 0.2) is 6.73 Å². The summed E-state index contributed by atoms with van der Waals surface area (Å²) in [7, 11) is 1.59. The molecular formula is C6H15N2O3+. The van der Waals surface area contributed by atoms with Gasteiger partial charge in [0.05, 0.1) is 6.42 Å². The summed E-state index contributed by atoms with van der Waals surface area (Å²) in [5.41, 5.74) is 3.72. The number of carbonyl (C=O) groups excluding carboxylic acids is 1. The van der Waals surface area contributed by atoms with Crippen molar-refractivity contribution in [2.75, 3.05) is 13.8 Å². The highest BCUT2D eigenvalue weighted by molar-refractivity contribution is 5.64. The molecule has 0 heterocycles. The van der Waals surface area contributed by atoms with Crippen molar-refractivity contribution in [3.63, 3.8) is 0 Å². The third-order valence-corrected chi connectivity index (χ3v) is 1.32. The lowest BCUT2D eigenvalue weighted by atomic mass is 10.2. The second-order valence-corrected chi connectivity index (χ2v) is 2.36. The van der Waals surface area contributed by atoms with Crippen molar-refractivity contribution in [1.82, 2.24) is 0 Å². The minimum Gasteiger partial charge on any atom is -0.550 e. The van der Waals surface area contributed by atoms with Gasteiger partial charge in [-0.2, -0.15) is 0 Å². The monoisotopic (exact) mass is 163 g/mol. The molecule has 0 saturated carbocycles. The van der Waals surface area contributed by atoms with Crippen LogP contribution in [0, 0.1) is 0 Å². The fraction of sp³-hybridized carbons (Fsp3) is 0.833. The first-order valence-electron chi connectivity index (χ1n) is 3.52. The highest BCUT2D eigenvalue weighted by atomic mass is 16.5. The standard InChI is InChI=1S/C6H14N2O3/c1-11-4-8-5(7)2-3-6(9)10/h5,8H,2-4,7H2,1H3,(H,9,10)/p+1/t5-/m1/s1. The van der Waals surface area contributed by atoms with Crippen molar-refractivity contribution < 1.29 is 25.7 Å². The van der Waals surface area contributed by atoms with Crippen LogP contribution in [-0.2, 0) is 9.53 Å². The lowest BCUT2D eigenvalue weighted by Crippen LogP contribution is -3.02. The van der Waals surface area contributed by atoms with E-state index < -0.39 is 5.97 Å². The number of carboxylic acid groups (broad SMARTS) is 1. The van der Waals surface area contributed by atoms with Crippen molar-refractivity contribution in [2.45, 2.75) is 19.0 Å². The number of aliphatic carboxylic acids is 1. The van der Waals surface area contributed by atoms with E-state index in [9.17, 15) is 9.90 Å². The van der Waals surface area contributed by atoms with Gasteiger partial charge in [0.1, 0.15) is 0 Å². The highest BCUT2D eigenvalue weighted by Gasteiger charge is 2.06. The average molecular weight is 163 g/mol. The Labute approximate surface area is 65.5 Å². The topological polar surface area (TPSA) is 93.6 Å². The molecule has 0 aromatic carbocycles. The first-order chi connectivity index (χ1) is 5.16. The molecular weight excluding hydrogens is 148 g/mol. The van der Waals surface area contributed by atoms with Crippen LogP contribution in [0.3, 0.4) is 0 Å². The van der Waals surface area contributed by atoms with Gasteiger partial charge in [0, 0.05) is 13.1 Å². The van der Waals surface area contributed by atoms with Gasteiger partial charge >= 0.3 is 0 Å². The molecule has 5 N–H and O–H groups in total. The van der Waals surface area contributed by atoms with Crippen molar-refractivity contribution in [1.29, 1.82) is 0 Å². The normalized spacial score (nSPS) is 12.9. The number of carboxylic acids is 1. The summed E-state index contributed by atoms with van der Waals surface area (Å²) >= 11 is 0. The lowest BCUT2D eigenvalue weighted by Gasteiger charge is -2.06. The molecule has 0 amide bonds. The molecule has 0 unspecified atom stereocenters. The van der Waals surface area contributed by atoms with Gasteiger partial charge in [-0.1, -0.05) is 0 Å². The third kappa shape index (κ3) is 7.24. The quantitative estimate of drug-likeness (QED) is 0.394. The number of carbonyl (C=O) groups is 1. The zero-order chi connectivity index (χ0) is 8.69. The van der Waals surface area contributed by atoms with Gasteiger partial charge in [0.25, 0.3) is 0 Å². The summed E-state index contributed by atoms with van der Waals surface area (Å²) in [6.07, 6.45) is 0.618. The fourth-order valence-electron chi connectivity index (χ4n) is 0.653. The summed E-state index contributed by atoms with van der Waals surface area (Å²) in [6, 6.07) is 0. The van der Waals surface area contributed by atoms with E-state index in [0.29, 0.717) is 13.2 Å². The van der Waals surface area contributed by atoms with Crippen LogP contribution in [0.4, 0.5) is 0 Å². The maximum atomic E-state index is 9.99. The molecule has 0 bridgehead atoms. The Balaban J connectivity index is 3.22. The zero-order valence-corrected chi connectivity index (χ0v) is 6.71. The first kappa shape index (κ1) is 10.3. The highest BCUT2D eigenvalue weighted by Crippen LogP contribution is 1.83. The summed E-state index contributed by atoms with van der Waals surface area (Å²) in [4.78, 5) is 9.99. The molecule has 0 aliphatic heterocycles. The fourth-order valence-corrected chi connectivity index (χ4v) is 0.653. The summed E-state index contributed by atoms with van der Waals surface area (Å²) in [5, 5.41) is 11.8. The molecule has 0 aromatic rings. The predicted octanol–water partition coefficient (Wildman–Crippen LogP) is -3.75. The van der Waals surface area contributed by atoms with E-state index in [1.807, 2.05) is 5.32 Å². The van der Waals surface area contributed by atoms with E-state index in [0.717, 1.165) is 0 Å². The van der Waals surface area contributed by atoms with Gasteiger partial charge in [-0.3, -0.25) is 5.32 Å². The third-order valence-electron chi connectivity index (χ3n) is 1.32. The molecule has 5 heteroatoms. The maximum Gasteiger partial charge on any atom is 0.211 e. The minimum atomic E-state index is -1.02. The van der Waals surface area contributed by atoms with Crippen molar-refractivity contribution >= 4 is 5.97 Å². The Kier molecular flexibility index (Phi) is 5.73. The number of hydrogen-bond donors (Lipinski definition) is 2. The van der Waals surface area contributed by atoms with E-state index in [1.54, 1.807) is 7.11 Å². The van der Waals surface area contributed by atoms with Crippen LogP contribution in [0.2, 0.25) is 0 Å². The molecule has 0 saturated heterocycles. The molecule has 0 radical (unpaired) electrons. The second kappa shape index (κ2) is 6.09. The van der Waals surface area contributed by atoms with Gasteiger partial charge in [-0.25, -0.2) is 0 Å². The number of rotatable bonds is 6. The number of nitrogens with two attached hydrogens (primary N) is 1. The van der Waals surface area contributed by atoms with Crippen LogP contribution < -0.4 is 16.2 Å². The van der Waals surface area contributed by atoms with Crippen LogP contribution in [0.15, 0.2) is 0 Å². The Bertz CT molecular complexity index is 118. The van der Waals surface area contributed by atoms with Gasteiger partial charge in [-0.15, -0.1) is 0 Å². The Morgan fingerprint density at radius 2 is 2.45 bits per heavy atom. The molecule has 0 aliphatic rings. The minimum absolute atomic E-state index is 0.0350. The van der Waals surface area contributed by atoms with Gasteiger partial charge in [0.2, 0.25) is 6.17 Å². The summed E-state index contributed by atoms with van der Waals surface area (Å²) in [5.74, 6) is -1.02. The van der Waals surface area contributed by atoms with E-state index in [-0.39, 0.29) is 12.6 Å².